The highest BCUT2D eigenvalue weighted by Crippen LogP contribution is 2.02. The molecule has 0 aliphatic rings. The van der Waals surface area contributed by atoms with Crippen molar-refractivity contribution < 1.29 is 38.1 Å². The number of carbonyl (C=O) groups excluding carboxylic acids is 4. The average molecular weight is 484 g/mol. The van der Waals surface area contributed by atoms with Crippen molar-refractivity contribution in [1.29, 1.82) is 0 Å². The van der Waals surface area contributed by atoms with Crippen LogP contribution in [0, 0.1) is 0 Å². The first kappa shape index (κ1) is 30.5. The van der Waals surface area contributed by atoms with E-state index in [0.29, 0.717) is 32.4 Å². The lowest BCUT2D eigenvalue weighted by Crippen LogP contribution is -2.48. The SMILES string of the molecule is C=CNCCCCOC(=O)C(CC(=O)OCCCCOC=C)NC(=O)NCCOC(=O)C(=C)C. The number of unbranched alkanes of at least 4 members (excludes halogenated alkanes) is 2. The van der Waals surface area contributed by atoms with Gasteiger partial charge in [0.15, 0.2) is 0 Å². The second kappa shape index (κ2) is 20.1. The first-order valence-corrected chi connectivity index (χ1v) is 11.1. The molecule has 11 heteroatoms. The second-order valence-corrected chi connectivity index (χ2v) is 7.07. The maximum absolute atomic E-state index is 12.4. The van der Waals surface area contributed by atoms with Crippen LogP contribution in [0.1, 0.15) is 39.0 Å². The topological polar surface area (TPSA) is 141 Å². The Morgan fingerprint density at radius 3 is 2.24 bits per heavy atom. The first-order chi connectivity index (χ1) is 16.3. The molecule has 0 aliphatic carbocycles. The molecule has 0 aromatic carbocycles. The molecule has 2 amide bonds. The average Bonchev–Trinajstić information content (AvgIpc) is 2.80. The molecule has 0 spiro atoms. The smallest absolute Gasteiger partial charge is 0.333 e. The molecule has 0 saturated heterocycles. The molecule has 11 nitrogen and oxygen atoms in total. The van der Waals surface area contributed by atoms with Gasteiger partial charge in [0.1, 0.15) is 12.6 Å². The van der Waals surface area contributed by atoms with Crippen LogP contribution in [0.4, 0.5) is 4.79 Å². The van der Waals surface area contributed by atoms with Crippen LogP contribution >= 0.6 is 0 Å². The van der Waals surface area contributed by atoms with Crippen LogP contribution in [0.5, 0.6) is 0 Å². The number of nitrogens with one attached hydrogen (secondary N) is 3. The van der Waals surface area contributed by atoms with Gasteiger partial charge in [-0.15, -0.1) is 0 Å². The number of rotatable bonds is 20. The number of ether oxygens (including phenoxy) is 4. The van der Waals surface area contributed by atoms with E-state index in [0.717, 1.165) is 6.42 Å². The highest BCUT2D eigenvalue weighted by atomic mass is 16.5. The quantitative estimate of drug-likeness (QED) is 0.0775. The molecular formula is C23H37N3O8. The monoisotopic (exact) mass is 483 g/mol. The molecule has 0 bridgehead atoms. The number of esters is 3. The van der Waals surface area contributed by atoms with Crippen LogP contribution in [0.25, 0.3) is 0 Å². The van der Waals surface area contributed by atoms with Crippen molar-refractivity contribution in [2.24, 2.45) is 0 Å². The third-order valence-electron chi connectivity index (χ3n) is 4.07. The van der Waals surface area contributed by atoms with Crippen molar-refractivity contribution in [2.45, 2.75) is 45.1 Å². The molecular weight excluding hydrogens is 446 g/mol. The minimum absolute atomic E-state index is 0.000149. The summed E-state index contributed by atoms with van der Waals surface area (Å²) < 4.78 is 20.2. The first-order valence-electron chi connectivity index (χ1n) is 11.1. The fraction of sp³-hybridized carbons (Fsp3) is 0.565. The van der Waals surface area contributed by atoms with E-state index in [9.17, 15) is 19.2 Å². The zero-order valence-electron chi connectivity index (χ0n) is 19.9. The summed E-state index contributed by atoms with van der Waals surface area (Å²) in [5.41, 5.74) is 0.235. The third kappa shape index (κ3) is 17.1. The number of hydrogen-bond acceptors (Lipinski definition) is 9. The second-order valence-electron chi connectivity index (χ2n) is 7.07. The van der Waals surface area contributed by atoms with E-state index in [-0.39, 0.29) is 31.9 Å². The lowest BCUT2D eigenvalue weighted by atomic mass is 10.2. The van der Waals surface area contributed by atoms with Crippen LogP contribution in [0.15, 0.2) is 37.8 Å². The zero-order valence-corrected chi connectivity index (χ0v) is 19.9. The molecule has 3 N–H and O–H groups in total. The maximum atomic E-state index is 12.4. The van der Waals surface area contributed by atoms with Gasteiger partial charge in [-0.3, -0.25) is 4.79 Å². The highest BCUT2D eigenvalue weighted by Gasteiger charge is 2.26. The molecule has 0 fully saturated rings. The predicted molar refractivity (Wildman–Crippen MR) is 125 cm³/mol. The fourth-order valence-electron chi connectivity index (χ4n) is 2.32. The molecule has 0 radical (unpaired) electrons. The van der Waals surface area contributed by atoms with E-state index in [1.807, 2.05) is 0 Å². The van der Waals surface area contributed by atoms with Crippen molar-refractivity contribution in [3.8, 4) is 0 Å². The van der Waals surface area contributed by atoms with Crippen molar-refractivity contribution in [3.63, 3.8) is 0 Å². The molecule has 0 saturated carbocycles. The Morgan fingerprint density at radius 1 is 0.882 bits per heavy atom. The lowest BCUT2D eigenvalue weighted by Gasteiger charge is -2.18. The summed E-state index contributed by atoms with van der Waals surface area (Å²) in [6.07, 6.45) is 5.10. The normalized spacial score (nSPS) is 10.7. The third-order valence-corrected chi connectivity index (χ3v) is 4.07. The molecule has 0 aromatic rings. The van der Waals surface area contributed by atoms with Crippen LogP contribution in [0.2, 0.25) is 0 Å². The molecule has 34 heavy (non-hydrogen) atoms. The van der Waals surface area contributed by atoms with E-state index >= 15 is 0 Å². The summed E-state index contributed by atoms with van der Waals surface area (Å²) in [4.78, 5) is 48.1. The summed E-state index contributed by atoms with van der Waals surface area (Å²) >= 11 is 0. The largest absolute Gasteiger partial charge is 0.502 e. The maximum Gasteiger partial charge on any atom is 0.333 e. The van der Waals surface area contributed by atoms with Gasteiger partial charge in [-0.05, 0) is 38.8 Å². The molecule has 192 valence electrons. The van der Waals surface area contributed by atoms with Gasteiger partial charge >= 0.3 is 23.9 Å². The number of hydrogen-bond donors (Lipinski definition) is 3. The standard InChI is InChI=1S/C23H37N3O8/c1-5-24-11-7-8-15-33-22(29)19(17-20(27)32-14-10-9-13-31-6-2)26-23(30)25-12-16-34-21(28)18(3)4/h5-6,19,24H,1-3,7-17H2,4H3,(H2,25,26,30). The summed E-state index contributed by atoms with van der Waals surface area (Å²) in [5, 5.41) is 7.77. The minimum Gasteiger partial charge on any atom is -0.502 e. The van der Waals surface area contributed by atoms with Gasteiger partial charge in [-0.25, -0.2) is 14.4 Å². The van der Waals surface area contributed by atoms with Gasteiger partial charge in [-0.1, -0.05) is 19.7 Å². The van der Waals surface area contributed by atoms with E-state index < -0.39 is 36.4 Å². The Bertz CT molecular complexity index is 681. The Balaban J connectivity index is 4.58. The van der Waals surface area contributed by atoms with Crippen LogP contribution < -0.4 is 16.0 Å². The molecule has 0 heterocycles. The number of amides is 2. The van der Waals surface area contributed by atoms with Gasteiger partial charge < -0.3 is 34.9 Å². The van der Waals surface area contributed by atoms with Gasteiger partial charge in [0, 0.05) is 12.1 Å². The van der Waals surface area contributed by atoms with E-state index in [2.05, 4.69) is 35.7 Å². The molecule has 1 unspecified atom stereocenters. The molecule has 0 aliphatic heterocycles. The van der Waals surface area contributed by atoms with Crippen molar-refractivity contribution in [2.75, 3.05) is 39.5 Å². The molecule has 0 aromatic heterocycles. The Hall–Kier alpha value is -3.50. The van der Waals surface area contributed by atoms with Crippen LogP contribution in [-0.2, 0) is 33.3 Å². The predicted octanol–water partition coefficient (Wildman–Crippen LogP) is 1.70. The summed E-state index contributed by atoms with van der Waals surface area (Å²) in [6.45, 7) is 13.3. The Kier molecular flexibility index (Phi) is 18.1. The summed E-state index contributed by atoms with van der Waals surface area (Å²) in [7, 11) is 0. The van der Waals surface area contributed by atoms with E-state index in [1.165, 1.54) is 13.2 Å². The van der Waals surface area contributed by atoms with Crippen molar-refractivity contribution in [1.82, 2.24) is 16.0 Å². The molecule has 0 rings (SSSR count). The van der Waals surface area contributed by atoms with Crippen molar-refractivity contribution >= 4 is 23.9 Å². The number of urea groups is 1. The van der Waals surface area contributed by atoms with Gasteiger partial charge in [-0.2, -0.15) is 0 Å². The fourth-order valence-corrected chi connectivity index (χ4v) is 2.32. The molecule has 1 atom stereocenters. The number of carbonyl (C=O) groups is 4. The Morgan fingerprint density at radius 2 is 1.56 bits per heavy atom. The highest BCUT2D eigenvalue weighted by molar-refractivity contribution is 5.88. The van der Waals surface area contributed by atoms with E-state index in [4.69, 9.17) is 18.9 Å². The summed E-state index contributed by atoms with van der Waals surface area (Å²) in [5.74, 6) is -1.99. The Labute approximate surface area is 200 Å². The zero-order chi connectivity index (χ0) is 25.6. The summed E-state index contributed by atoms with van der Waals surface area (Å²) in [6, 6.07) is -1.96. The lowest BCUT2D eigenvalue weighted by molar-refractivity contribution is -0.152. The van der Waals surface area contributed by atoms with Crippen LogP contribution in [-0.4, -0.2) is 69.5 Å². The van der Waals surface area contributed by atoms with Gasteiger partial charge in [0.25, 0.3) is 0 Å². The van der Waals surface area contributed by atoms with E-state index in [1.54, 1.807) is 6.20 Å². The van der Waals surface area contributed by atoms with Crippen molar-refractivity contribution in [3.05, 3.63) is 37.8 Å². The van der Waals surface area contributed by atoms with Gasteiger partial charge in [0.2, 0.25) is 0 Å². The van der Waals surface area contributed by atoms with Crippen LogP contribution in [0.3, 0.4) is 0 Å². The minimum atomic E-state index is -1.24. The van der Waals surface area contributed by atoms with Gasteiger partial charge in [0.05, 0.1) is 39.0 Å².